The van der Waals surface area contributed by atoms with E-state index in [2.05, 4.69) is 5.32 Å². The Morgan fingerprint density at radius 2 is 1.83 bits per heavy atom. The molecule has 2 aromatic rings. The molecule has 0 heterocycles. The van der Waals surface area contributed by atoms with Gasteiger partial charge in [-0.25, -0.2) is 8.42 Å². The number of halogens is 1. The van der Waals surface area contributed by atoms with Crippen molar-refractivity contribution in [1.82, 2.24) is 4.31 Å². The standard InChI is InChI=1S/C21H25ClN2O4S/c1-28-20-13-12-18(14-19(20)22)29(26,27)24(17-10-6-3-7-11-17)15-21(25)23-16-8-4-2-5-9-16/h2,4-5,8-9,12-14,17H,3,6-7,10-11,15H2,1H3,(H,23,25). The van der Waals surface area contributed by atoms with E-state index in [4.69, 9.17) is 16.3 Å². The van der Waals surface area contributed by atoms with E-state index in [1.807, 2.05) is 18.2 Å². The van der Waals surface area contributed by atoms with Crippen LogP contribution in [0.2, 0.25) is 5.02 Å². The predicted octanol–water partition coefficient (Wildman–Crippen LogP) is 4.31. The van der Waals surface area contributed by atoms with E-state index >= 15 is 0 Å². The smallest absolute Gasteiger partial charge is 0.243 e. The number of para-hydroxylation sites is 1. The number of carbonyl (C=O) groups excluding carboxylic acids is 1. The second kappa shape index (κ2) is 9.61. The molecule has 3 rings (SSSR count). The number of anilines is 1. The number of hydrogen-bond donors (Lipinski definition) is 1. The third-order valence-electron chi connectivity index (χ3n) is 5.07. The van der Waals surface area contributed by atoms with Crippen molar-refractivity contribution in [2.24, 2.45) is 0 Å². The molecule has 1 saturated carbocycles. The Hall–Kier alpha value is -2.09. The van der Waals surface area contributed by atoms with Crippen molar-refractivity contribution < 1.29 is 17.9 Å². The molecule has 1 N–H and O–H groups in total. The zero-order chi connectivity index (χ0) is 20.9. The van der Waals surface area contributed by atoms with Crippen LogP contribution in [0, 0.1) is 0 Å². The lowest BCUT2D eigenvalue weighted by Gasteiger charge is -2.33. The molecule has 1 fully saturated rings. The Morgan fingerprint density at radius 3 is 2.45 bits per heavy atom. The first-order chi connectivity index (χ1) is 13.9. The zero-order valence-electron chi connectivity index (χ0n) is 16.3. The van der Waals surface area contributed by atoms with Crippen LogP contribution in [-0.2, 0) is 14.8 Å². The highest BCUT2D eigenvalue weighted by Crippen LogP contribution is 2.31. The molecule has 0 unspecified atom stereocenters. The molecule has 0 aliphatic heterocycles. The molecule has 0 spiro atoms. The van der Waals surface area contributed by atoms with Crippen molar-refractivity contribution in [2.45, 2.75) is 43.0 Å². The number of hydrogen-bond acceptors (Lipinski definition) is 4. The second-order valence-electron chi connectivity index (χ2n) is 7.05. The lowest BCUT2D eigenvalue weighted by atomic mass is 9.95. The molecule has 0 bridgehead atoms. The highest BCUT2D eigenvalue weighted by atomic mass is 35.5. The Labute approximate surface area is 176 Å². The average Bonchev–Trinajstić information content (AvgIpc) is 2.73. The number of amides is 1. The van der Waals surface area contributed by atoms with Crippen LogP contribution in [0.3, 0.4) is 0 Å². The molecule has 8 heteroatoms. The molecule has 0 atom stereocenters. The number of rotatable bonds is 7. The number of nitrogens with one attached hydrogen (secondary N) is 1. The molecule has 156 valence electrons. The summed E-state index contributed by atoms with van der Waals surface area (Å²) in [5.41, 5.74) is 0.631. The number of ether oxygens (including phenoxy) is 1. The van der Waals surface area contributed by atoms with Gasteiger partial charge in [-0.1, -0.05) is 49.1 Å². The minimum atomic E-state index is -3.90. The van der Waals surface area contributed by atoms with Gasteiger partial charge in [0, 0.05) is 11.7 Å². The molecule has 0 radical (unpaired) electrons. The summed E-state index contributed by atoms with van der Waals surface area (Å²) in [7, 11) is -2.43. The van der Waals surface area contributed by atoms with Gasteiger partial charge in [-0.3, -0.25) is 4.79 Å². The van der Waals surface area contributed by atoms with Gasteiger partial charge in [0.05, 0.1) is 23.6 Å². The third kappa shape index (κ3) is 5.29. The summed E-state index contributed by atoms with van der Waals surface area (Å²) in [5.74, 6) is 0.0293. The van der Waals surface area contributed by atoms with Crippen LogP contribution in [0.1, 0.15) is 32.1 Å². The highest BCUT2D eigenvalue weighted by Gasteiger charge is 2.34. The number of benzene rings is 2. The van der Waals surface area contributed by atoms with Crippen LogP contribution < -0.4 is 10.1 Å². The second-order valence-corrected chi connectivity index (χ2v) is 9.35. The first-order valence-corrected chi connectivity index (χ1v) is 11.4. The maximum Gasteiger partial charge on any atom is 0.243 e. The number of sulfonamides is 1. The van der Waals surface area contributed by atoms with E-state index in [0.717, 1.165) is 32.1 Å². The van der Waals surface area contributed by atoms with Crippen molar-refractivity contribution >= 4 is 33.2 Å². The normalized spacial score (nSPS) is 15.3. The fourth-order valence-corrected chi connectivity index (χ4v) is 5.58. The van der Waals surface area contributed by atoms with Gasteiger partial charge in [-0.15, -0.1) is 0 Å². The van der Waals surface area contributed by atoms with Crippen molar-refractivity contribution in [2.75, 3.05) is 19.0 Å². The van der Waals surface area contributed by atoms with Gasteiger partial charge in [0.25, 0.3) is 0 Å². The number of methoxy groups -OCH3 is 1. The summed E-state index contributed by atoms with van der Waals surface area (Å²) in [6.07, 6.45) is 4.44. The summed E-state index contributed by atoms with van der Waals surface area (Å²) in [4.78, 5) is 12.7. The van der Waals surface area contributed by atoms with Crippen LogP contribution in [0.15, 0.2) is 53.4 Å². The molecular formula is C21H25ClN2O4S. The lowest BCUT2D eigenvalue weighted by Crippen LogP contribution is -2.45. The van der Waals surface area contributed by atoms with Crippen molar-refractivity contribution in [3.05, 3.63) is 53.6 Å². The van der Waals surface area contributed by atoms with Gasteiger partial charge in [-0.05, 0) is 43.2 Å². The minimum absolute atomic E-state index is 0.0568. The molecule has 29 heavy (non-hydrogen) atoms. The first-order valence-electron chi connectivity index (χ1n) is 9.62. The van der Waals surface area contributed by atoms with Gasteiger partial charge in [0.1, 0.15) is 5.75 Å². The average molecular weight is 437 g/mol. The molecule has 0 saturated heterocycles. The van der Waals surface area contributed by atoms with E-state index in [0.29, 0.717) is 11.4 Å². The predicted molar refractivity (Wildman–Crippen MR) is 114 cm³/mol. The Bertz CT molecular complexity index is 944. The molecule has 1 aliphatic rings. The van der Waals surface area contributed by atoms with Crippen molar-refractivity contribution in [3.8, 4) is 5.75 Å². The van der Waals surface area contributed by atoms with E-state index < -0.39 is 10.0 Å². The maximum atomic E-state index is 13.4. The van der Waals surface area contributed by atoms with Crippen molar-refractivity contribution in [3.63, 3.8) is 0 Å². The van der Waals surface area contributed by atoms with Crippen LogP contribution in [-0.4, -0.2) is 38.3 Å². The summed E-state index contributed by atoms with van der Waals surface area (Å²) in [6, 6.07) is 13.2. The third-order valence-corrected chi connectivity index (χ3v) is 7.26. The first kappa shape index (κ1) is 21.6. The van der Waals surface area contributed by atoms with Gasteiger partial charge < -0.3 is 10.1 Å². The van der Waals surface area contributed by atoms with Crippen LogP contribution >= 0.6 is 11.6 Å². The topological polar surface area (TPSA) is 75.7 Å². The molecule has 1 aliphatic carbocycles. The summed E-state index contributed by atoms with van der Waals surface area (Å²) in [6.45, 7) is -0.245. The monoisotopic (exact) mass is 436 g/mol. The quantitative estimate of drug-likeness (QED) is 0.701. The number of carbonyl (C=O) groups is 1. The zero-order valence-corrected chi connectivity index (χ0v) is 17.9. The van der Waals surface area contributed by atoms with E-state index in [9.17, 15) is 13.2 Å². The summed E-state index contributed by atoms with van der Waals surface area (Å²) < 4.78 is 33.3. The van der Waals surface area contributed by atoms with Gasteiger partial charge in [-0.2, -0.15) is 4.31 Å². The van der Waals surface area contributed by atoms with Gasteiger partial charge >= 0.3 is 0 Å². The van der Waals surface area contributed by atoms with Gasteiger partial charge in [0.2, 0.25) is 15.9 Å². The fraction of sp³-hybridized carbons (Fsp3) is 0.381. The molecule has 2 aromatic carbocycles. The van der Waals surface area contributed by atoms with E-state index in [-0.39, 0.29) is 28.4 Å². The van der Waals surface area contributed by atoms with Crippen molar-refractivity contribution in [1.29, 1.82) is 0 Å². The molecule has 6 nitrogen and oxygen atoms in total. The molecular weight excluding hydrogens is 412 g/mol. The highest BCUT2D eigenvalue weighted by molar-refractivity contribution is 7.89. The molecule has 1 amide bonds. The van der Waals surface area contributed by atoms with Crippen LogP contribution in [0.5, 0.6) is 5.75 Å². The Balaban J connectivity index is 1.87. The number of nitrogens with zero attached hydrogens (tertiary/aromatic N) is 1. The Morgan fingerprint density at radius 1 is 1.14 bits per heavy atom. The summed E-state index contributed by atoms with van der Waals surface area (Å²) in [5, 5.41) is 2.99. The summed E-state index contributed by atoms with van der Waals surface area (Å²) >= 11 is 6.15. The maximum absolute atomic E-state index is 13.4. The van der Waals surface area contributed by atoms with E-state index in [1.54, 1.807) is 12.1 Å². The minimum Gasteiger partial charge on any atom is -0.495 e. The lowest BCUT2D eigenvalue weighted by molar-refractivity contribution is -0.116. The van der Waals surface area contributed by atoms with E-state index in [1.165, 1.54) is 29.6 Å². The van der Waals surface area contributed by atoms with Crippen LogP contribution in [0.4, 0.5) is 5.69 Å². The van der Waals surface area contributed by atoms with Crippen LogP contribution in [0.25, 0.3) is 0 Å². The Kier molecular flexibility index (Phi) is 7.16. The van der Waals surface area contributed by atoms with Gasteiger partial charge in [0.15, 0.2) is 0 Å². The SMILES string of the molecule is COc1ccc(S(=O)(=O)N(CC(=O)Nc2ccccc2)C2CCCCC2)cc1Cl. The molecule has 0 aromatic heterocycles. The largest absolute Gasteiger partial charge is 0.495 e. The fourth-order valence-electron chi connectivity index (χ4n) is 3.59.